The highest BCUT2D eigenvalue weighted by Gasteiger charge is 2.18. The average molecular weight is 403 g/mol. The number of thioether (sulfide) groups is 1. The Morgan fingerprint density at radius 2 is 2.22 bits per heavy atom. The monoisotopic (exact) mass is 402 g/mol. The number of para-hydroxylation sites is 1. The van der Waals surface area contributed by atoms with Gasteiger partial charge in [-0.3, -0.25) is 14.7 Å². The molecule has 3 rings (SSSR count). The minimum absolute atomic E-state index is 0.179. The molecule has 2 aromatic heterocycles. The van der Waals surface area contributed by atoms with Gasteiger partial charge in [0.15, 0.2) is 11.0 Å². The second-order valence-corrected chi connectivity index (χ2v) is 6.99. The van der Waals surface area contributed by atoms with E-state index in [-0.39, 0.29) is 11.7 Å². The van der Waals surface area contributed by atoms with Gasteiger partial charge in [0, 0.05) is 6.54 Å². The SMILES string of the molecule is C=CCn1c(SCC(=O)Nc2nncs2)nnc1-c1ccccc1OCC. The van der Waals surface area contributed by atoms with Crippen LogP contribution < -0.4 is 10.1 Å². The highest BCUT2D eigenvalue weighted by atomic mass is 32.2. The number of nitrogens with zero attached hydrogens (tertiary/aromatic N) is 5. The molecule has 1 aromatic carbocycles. The van der Waals surface area contributed by atoms with Crippen LogP contribution in [0.1, 0.15) is 6.92 Å². The number of benzene rings is 1. The van der Waals surface area contributed by atoms with Crippen molar-refractivity contribution < 1.29 is 9.53 Å². The van der Waals surface area contributed by atoms with Crippen LogP contribution in [0.15, 0.2) is 47.6 Å². The molecule has 0 bridgehead atoms. The molecule has 3 aromatic rings. The summed E-state index contributed by atoms with van der Waals surface area (Å²) in [6.07, 6.45) is 1.77. The molecule has 0 unspecified atom stereocenters. The zero-order chi connectivity index (χ0) is 19.1. The molecule has 8 nitrogen and oxygen atoms in total. The molecule has 27 heavy (non-hydrogen) atoms. The fourth-order valence-electron chi connectivity index (χ4n) is 2.33. The molecule has 1 amide bonds. The molecule has 0 spiro atoms. The molecule has 0 saturated carbocycles. The van der Waals surface area contributed by atoms with E-state index in [0.29, 0.717) is 29.3 Å². The van der Waals surface area contributed by atoms with Crippen molar-refractivity contribution in [3.05, 3.63) is 42.4 Å². The van der Waals surface area contributed by atoms with Crippen molar-refractivity contribution in [3.63, 3.8) is 0 Å². The molecule has 0 aliphatic carbocycles. The summed E-state index contributed by atoms with van der Waals surface area (Å²) in [5.41, 5.74) is 2.41. The predicted molar refractivity (Wildman–Crippen MR) is 106 cm³/mol. The van der Waals surface area contributed by atoms with E-state index >= 15 is 0 Å². The van der Waals surface area contributed by atoms with Crippen molar-refractivity contribution in [1.29, 1.82) is 0 Å². The Labute approximate surface area is 164 Å². The number of amides is 1. The topological polar surface area (TPSA) is 94.8 Å². The average Bonchev–Trinajstić information content (AvgIpc) is 3.31. The Bertz CT molecular complexity index is 910. The van der Waals surface area contributed by atoms with Crippen molar-refractivity contribution in [2.24, 2.45) is 0 Å². The van der Waals surface area contributed by atoms with Gasteiger partial charge in [-0.1, -0.05) is 41.3 Å². The van der Waals surface area contributed by atoms with E-state index in [2.05, 4.69) is 32.3 Å². The normalized spacial score (nSPS) is 10.6. The Morgan fingerprint density at radius 3 is 2.96 bits per heavy atom. The molecule has 2 heterocycles. The van der Waals surface area contributed by atoms with Gasteiger partial charge in [0.05, 0.1) is 17.9 Å². The van der Waals surface area contributed by atoms with E-state index < -0.39 is 0 Å². The number of nitrogens with one attached hydrogen (secondary N) is 1. The third-order valence-corrected chi connectivity index (χ3v) is 4.97. The maximum Gasteiger partial charge on any atom is 0.236 e. The minimum atomic E-state index is -0.179. The smallest absolute Gasteiger partial charge is 0.236 e. The summed E-state index contributed by atoms with van der Waals surface area (Å²) in [7, 11) is 0. The van der Waals surface area contributed by atoms with Crippen LogP contribution >= 0.6 is 23.1 Å². The molecule has 0 aliphatic heterocycles. The minimum Gasteiger partial charge on any atom is -0.493 e. The molecule has 0 saturated heterocycles. The molecule has 10 heteroatoms. The Balaban J connectivity index is 1.79. The van der Waals surface area contributed by atoms with Crippen LogP contribution in [-0.2, 0) is 11.3 Å². The number of carbonyl (C=O) groups is 1. The molecular formula is C17H18N6O2S2. The quantitative estimate of drug-likeness (QED) is 0.434. The van der Waals surface area contributed by atoms with Crippen molar-refractivity contribution in [2.45, 2.75) is 18.6 Å². The van der Waals surface area contributed by atoms with E-state index in [9.17, 15) is 4.79 Å². The lowest BCUT2D eigenvalue weighted by Crippen LogP contribution is -2.14. The van der Waals surface area contributed by atoms with Gasteiger partial charge in [0.1, 0.15) is 11.3 Å². The van der Waals surface area contributed by atoms with Crippen LogP contribution in [0.3, 0.4) is 0 Å². The van der Waals surface area contributed by atoms with Crippen LogP contribution in [0.2, 0.25) is 0 Å². The summed E-state index contributed by atoms with van der Waals surface area (Å²) >= 11 is 2.56. The maximum atomic E-state index is 12.1. The van der Waals surface area contributed by atoms with Crippen LogP contribution in [0.5, 0.6) is 5.75 Å². The van der Waals surface area contributed by atoms with Gasteiger partial charge in [-0.05, 0) is 19.1 Å². The van der Waals surface area contributed by atoms with Crippen molar-refractivity contribution in [1.82, 2.24) is 25.0 Å². The largest absolute Gasteiger partial charge is 0.493 e. The number of allylic oxidation sites excluding steroid dienone is 1. The second-order valence-electron chi connectivity index (χ2n) is 5.22. The zero-order valence-electron chi connectivity index (χ0n) is 14.7. The number of anilines is 1. The van der Waals surface area contributed by atoms with Crippen molar-refractivity contribution in [3.8, 4) is 17.1 Å². The summed E-state index contributed by atoms with van der Waals surface area (Å²) in [5.74, 6) is 1.41. The molecule has 1 N–H and O–H groups in total. The van der Waals surface area contributed by atoms with Gasteiger partial charge in [-0.15, -0.1) is 27.0 Å². The first-order chi connectivity index (χ1) is 13.2. The molecule has 0 fully saturated rings. The fraction of sp³-hybridized carbons (Fsp3) is 0.235. The van der Waals surface area contributed by atoms with E-state index in [0.717, 1.165) is 11.3 Å². The highest BCUT2D eigenvalue weighted by molar-refractivity contribution is 7.99. The fourth-order valence-corrected chi connectivity index (χ4v) is 3.54. The molecule has 140 valence electrons. The third kappa shape index (κ3) is 4.72. The first-order valence-corrected chi connectivity index (χ1v) is 10.0. The number of hydrogen-bond donors (Lipinski definition) is 1. The second kappa shape index (κ2) is 9.28. The third-order valence-electron chi connectivity index (χ3n) is 3.40. The Kier molecular flexibility index (Phi) is 6.55. The van der Waals surface area contributed by atoms with Gasteiger partial charge in [-0.2, -0.15) is 0 Å². The van der Waals surface area contributed by atoms with E-state index in [4.69, 9.17) is 4.74 Å². The lowest BCUT2D eigenvalue weighted by Gasteiger charge is -2.11. The number of carbonyl (C=O) groups excluding carboxylic acids is 1. The Morgan fingerprint density at radius 1 is 1.37 bits per heavy atom. The van der Waals surface area contributed by atoms with Crippen LogP contribution in [-0.4, -0.2) is 43.2 Å². The standard InChI is InChI=1S/C17H18N6O2S2/c1-3-9-23-15(12-7-5-6-8-13(12)25-4-2)20-22-17(23)26-10-14(24)19-16-21-18-11-27-16/h3,5-8,11H,1,4,9-10H2,2H3,(H,19,21,24). The number of rotatable bonds is 9. The lowest BCUT2D eigenvalue weighted by atomic mass is 10.2. The molecule has 0 aliphatic rings. The predicted octanol–water partition coefficient (Wildman–Crippen LogP) is 3.11. The van der Waals surface area contributed by atoms with Gasteiger partial charge in [0.2, 0.25) is 11.0 Å². The first kappa shape index (κ1) is 19.1. The summed E-state index contributed by atoms with van der Waals surface area (Å²) < 4.78 is 7.61. The van der Waals surface area contributed by atoms with E-state index in [1.807, 2.05) is 35.8 Å². The van der Waals surface area contributed by atoms with Gasteiger partial charge in [0.25, 0.3) is 0 Å². The van der Waals surface area contributed by atoms with Gasteiger partial charge >= 0.3 is 0 Å². The lowest BCUT2D eigenvalue weighted by molar-refractivity contribution is -0.113. The number of aromatic nitrogens is 5. The van der Waals surface area contributed by atoms with Crippen molar-refractivity contribution in [2.75, 3.05) is 17.7 Å². The van der Waals surface area contributed by atoms with Crippen LogP contribution in [0.25, 0.3) is 11.4 Å². The molecule has 0 radical (unpaired) electrons. The maximum absolute atomic E-state index is 12.1. The first-order valence-electron chi connectivity index (χ1n) is 8.18. The van der Waals surface area contributed by atoms with Crippen molar-refractivity contribution >= 4 is 34.1 Å². The van der Waals surface area contributed by atoms with Gasteiger partial charge in [-0.25, -0.2) is 0 Å². The molecular weight excluding hydrogens is 384 g/mol. The summed E-state index contributed by atoms with van der Waals surface area (Å²) in [6.45, 7) is 6.81. The number of ether oxygens (including phenoxy) is 1. The summed E-state index contributed by atoms with van der Waals surface area (Å²) in [5, 5.41) is 19.8. The summed E-state index contributed by atoms with van der Waals surface area (Å²) in [6, 6.07) is 7.67. The van der Waals surface area contributed by atoms with Gasteiger partial charge < -0.3 is 4.74 Å². The van der Waals surface area contributed by atoms with Crippen LogP contribution in [0, 0.1) is 0 Å². The Hall–Kier alpha value is -2.72. The van der Waals surface area contributed by atoms with Crippen LogP contribution in [0.4, 0.5) is 5.13 Å². The summed E-state index contributed by atoms with van der Waals surface area (Å²) in [4.78, 5) is 12.1. The highest BCUT2D eigenvalue weighted by Crippen LogP contribution is 2.31. The number of hydrogen-bond acceptors (Lipinski definition) is 8. The zero-order valence-corrected chi connectivity index (χ0v) is 16.3. The van der Waals surface area contributed by atoms with E-state index in [1.54, 1.807) is 11.6 Å². The van der Waals surface area contributed by atoms with E-state index in [1.165, 1.54) is 23.1 Å². The molecule has 0 atom stereocenters.